The van der Waals surface area contributed by atoms with Crippen LogP contribution in [0, 0.1) is 0 Å². The molecule has 0 unspecified atom stereocenters. The number of benzene rings is 2. The molecule has 1 aromatic heterocycles. The van der Waals surface area contributed by atoms with E-state index in [0.29, 0.717) is 0 Å². The largest absolute Gasteiger partial charge is 0.348 e. The number of hydrogen-bond acceptors (Lipinski definition) is 4. The number of rotatable bonds is 4. The maximum absolute atomic E-state index is 4.36. The molecule has 24 heavy (non-hydrogen) atoms. The third kappa shape index (κ3) is 2.93. The zero-order valence-corrected chi connectivity index (χ0v) is 13.9. The van der Waals surface area contributed by atoms with Gasteiger partial charge >= 0.3 is 0 Å². The fraction of sp³-hybridized carbons (Fsp3) is 0.111. The molecule has 120 valence electrons. The first-order valence-electron chi connectivity index (χ1n) is 7.83. The molecule has 4 rings (SSSR count). The molecule has 2 heterocycles. The van der Waals surface area contributed by atoms with E-state index in [9.17, 15) is 0 Å². The Morgan fingerprint density at radius 3 is 2.46 bits per heavy atom. The van der Waals surface area contributed by atoms with Crippen molar-refractivity contribution in [1.82, 2.24) is 14.9 Å². The Bertz CT molecular complexity index is 858. The molecule has 4 N–H and O–H groups in total. The van der Waals surface area contributed by atoms with Crippen LogP contribution in [0.3, 0.4) is 0 Å². The van der Waals surface area contributed by atoms with Crippen LogP contribution in [0.2, 0.25) is 0 Å². The van der Waals surface area contributed by atoms with Crippen LogP contribution in [-0.4, -0.2) is 14.9 Å². The molecule has 1 aliphatic heterocycles. The molecule has 1 atom stereocenters. The second-order valence-electron chi connectivity index (χ2n) is 5.69. The fourth-order valence-corrected chi connectivity index (χ4v) is 3.47. The summed E-state index contributed by atoms with van der Waals surface area (Å²) in [6.07, 6.45) is 0.829. The summed E-state index contributed by atoms with van der Waals surface area (Å²) >= 11 is 1.57. The molecule has 0 bridgehead atoms. The number of fused-ring (bicyclic) bond motifs is 1. The number of aromatic nitrogens is 3. The van der Waals surface area contributed by atoms with Crippen molar-refractivity contribution < 1.29 is 5.73 Å². The summed E-state index contributed by atoms with van der Waals surface area (Å²) in [6, 6.07) is 20.6. The van der Waals surface area contributed by atoms with E-state index in [0.717, 1.165) is 28.7 Å². The summed E-state index contributed by atoms with van der Waals surface area (Å²) < 4.78 is 1.95. The van der Waals surface area contributed by atoms with Crippen LogP contribution in [0.5, 0.6) is 0 Å². The predicted octanol–water partition coefficient (Wildman–Crippen LogP) is 2.45. The van der Waals surface area contributed by atoms with Crippen molar-refractivity contribution in [2.75, 3.05) is 5.43 Å². The van der Waals surface area contributed by atoms with Gasteiger partial charge in [-0.1, -0.05) is 72.4 Å². The van der Waals surface area contributed by atoms with E-state index in [1.165, 1.54) is 5.56 Å². The lowest BCUT2D eigenvalue weighted by Crippen LogP contribution is -2.56. The van der Waals surface area contributed by atoms with Gasteiger partial charge in [0.1, 0.15) is 0 Å². The number of nitrogens with zero attached hydrogens (tertiary/aromatic N) is 3. The number of hydrogen-bond donors (Lipinski definition) is 2. The smallest absolute Gasteiger partial charge is 0.214 e. The summed E-state index contributed by atoms with van der Waals surface area (Å²) in [5.74, 6) is 0.850. The van der Waals surface area contributed by atoms with Gasteiger partial charge < -0.3 is 5.73 Å². The molecule has 0 saturated heterocycles. The van der Waals surface area contributed by atoms with E-state index in [1.807, 2.05) is 41.1 Å². The van der Waals surface area contributed by atoms with E-state index in [4.69, 9.17) is 0 Å². The minimum absolute atomic E-state index is 0.0249. The Morgan fingerprint density at radius 1 is 1.00 bits per heavy atom. The molecule has 5 nitrogen and oxygen atoms in total. The van der Waals surface area contributed by atoms with Crippen LogP contribution in [0.1, 0.15) is 23.0 Å². The molecule has 0 saturated carbocycles. The van der Waals surface area contributed by atoms with Gasteiger partial charge in [0.25, 0.3) is 0 Å². The molecule has 0 aliphatic carbocycles. The Hall–Kier alpha value is -2.57. The molecular weight excluding hydrogens is 318 g/mol. The number of thioether (sulfide) groups is 1. The van der Waals surface area contributed by atoms with Crippen molar-refractivity contribution in [3.63, 3.8) is 0 Å². The summed E-state index contributed by atoms with van der Waals surface area (Å²) in [6.45, 7) is 0. The molecule has 1 aliphatic rings. The fourth-order valence-electron chi connectivity index (χ4n) is 2.73. The molecule has 3 aromatic rings. The first kappa shape index (κ1) is 15.0. The highest BCUT2D eigenvalue weighted by molar-refractivity contribution is 8.02. The number of nitrogens with one attached hydrogen (secondary N) is 1. The Kier molecular flexibility index (Phi) is 4.06. The van der Waals surface area contributed by atoms with Gasteiger partial charge in [-0.05, 0) is 11.1 Å². The van der Waals surface area contributed by atoms with E-state index in [2.05, 4.69) is 51.0 Å². The highest BCUT2D eigenvalue weighted by Gasteiger charge is 2.24. The van der Waals surface area contributed by atoms with Gasteiger partial charge in [0, 0.05) is 11.8 Å². The average Bonchev–Trinajstić information content (AvgIpc) is 3.06. The minimum atomic E-state index is 0.0249. The molecule has 0 spiro atoms. The lowest BCUT2D eigenvalue weighted by molar-refractivity contribution is -0.428. The molecule has 6 heteroatoms. The SMILES string of the molecule is [NH3+][C@@H](Cc1ccccc1)c1nnc2n1NC(c1ccccc1)=CS2. The highest BCUT2D eigenvalue weighted by Crippen LogP contribution is 2.29. The van der Waals surface area contributed by atoms with Crippen molar-refractivity contribution in [3.8, 4) is 0 Å². The minimum Gasteiger partial charge on any atom is -0.348 e. The lowest BCUT2D eigenvalue weighted by atomic mass is 10.1. The first-order chi connectivity index (χ1) is 11.8. The van der Waals surface area contributed by atoms with E-state index in [1.54, 1.807) is 11.8 Å². The van der Waals surface area contributed by atoms with Gasteiger partial charge in [0.05, 0.1) is 5.70 Å². The number of quaternary nitrogens is 1. The predicted molar refractivity (Wildman–Crippen MR) is 95.4 cm³/mol. The molecule has 0 radical (unpaired) electrons. The van der Waals surface area contributed by atoms with E-state index in [-0.39, 0.29) is 6.04 Å². The monoisotopic (exact) mass is 336 g/mol. The average molecular weight is 336 g/mol. The Labute approximate surface area is 144 Å². The summed E-state index contributed by atoms with van der Waals surface area (Å²) in [7, 11) is 0. The van der Waals surface area contributed by atoms with Gasteiger partial charge in [-0.15, -0.1) is 10.2 Å². The van der Waals surface area contributed by atoms with E-state index >= 15 is 0 Å². The van der Waals surface area contributed by atoms with Gasteiger partial charge in [-0.3, -0.25) is 5.43 Å². The van der Waals surface area contributed by atoms with Gasteiger partial charge in [0.2, 0.25) is 11.0 Å². The van der Waals surface area contributed by atoms with Gasteiger partial charge in [0.15, 0.2) is 6.04 Å². The Balaban J connectivity index is 1.58. The zero-order chi connectivity index (χ0) is 16.4. The maximum atomic E-state index is 4.36. The third-order valence-corrected chi connectivity index (χ3v) is 4.78. The van der Waals surface area contributed by atoms with Crippen molar-refractivity contribution in [1.29, 1.82) is 0 Å². The molecule has 2 aromatic carbocycles. The van der Waals surface area contributed by atoms with Gasteiger partial charge in [-0.25, -0.2) is 4.68 Å². The maximum Gasteiger partial charge on any atom is 0.214 e. The van der Waals surface area contributed by atoms with Crippen LogP contribution >= 0.6 is 11.8 Å². The van der Waals surface area contributed by atoms with Crippen molar-refractivity contribution in [2.45, 2.75) is 17.6 Å². The summed E-state index contributed by atoms with van der Waals surface area (Å²) in [5.41, 5.74) is 11.1. The Morgan fingerprint density at radius 2 is 1.71 bits per heavy atom. The quantitative estimate of drug-likeness (QED) is 0.768. The third-order valence-electron chi connectivity index (χ3n) is 3.95. The lowest BCUT2D eigenvalue weighted by Gasteiger charge is -2.20. The molecule has 0 amide bonds. The summed E-state index contributed by atoms with van der Waals surface area (Å²) in [4.78, 5) is 0. The standard InChI is InChI=1S/C18H17N5S/c19-15(11-13-7-3-1-4-8-13)17-20-21-18-23(17)22-16(12-24-18)14-9-5-2-6-10-14/h1-10,12,15,22H,11,19H2/p+1/t15-/m0/s1. The van der Waals surface area contributed by atoms with Crippen LogP contribution in [0.25, 0.3) is 5.70 Å². The second kappa shape index (κ2) is 6.51. The molecular formula is C18H18N5S+. The van der Waals surface area contributed by atoms with Gasteiger partial charge in [-0.2, -0.15) is 0 Å². The van der Waals surface area contributed by atoms with Crippen LogP contribution in [0.4, 0.5) is 0 Å². The summed E-state index contributed by atoms with van der Waals surface area (Å²) in [5, 5.41) is 11.5. The second-order valence-corrected chi connectivity index (χ2v) is 6.53. The van der Waals surface area contributed by atoms with Crippen LogP contribution in [0.15, 0.2) is 71.2 Å². The van der Waals surface area contributed by atoms with Crippen molar-refractivity contribution in [2.24, 2.45) is 0 Å². The topological polar surface area (TPSA) is 70.4 Å². The van der Waals surface area contributed by atoms with Crippen LogP contribution < -0.4 is 11.2 Å². The normalized spacial score (nSPS) is 14.5. The first-order valence-corrected chi connectivity index (χ1v) is 8.71. The zero-order valence-electron chi connectivity index (χ0n) is 13.1. The van der Waals surface area contributed by atoms with Crippen LogP contribution in [-0.2, 0) is 6.42 Å². The van der Waals surface area contributed by atoms with Crippen molar-refractivity contribution in [3.05, 3.63) is 83.0 Å². The highest BCUT2D eigenvalue weighted by atomic mass is 32.2. The molecule has 0 fully saturated rings. The van der Waals surface area contributed by atoms with E-state index < -0.39 is 0 Å². The van der Waals surface area contributed by atoms with Crippen molar-refractivity contribution >= 4 is 17.5 Å².